The van der Waals surface area contributed by atoms with Crippen LogP contribution in [-0.2, 0) is 0 Å². The highest BCUT2D eigenvalue weighted by Gasteiger charge is 2.19. The first-order valence-corrected chi connectivity index (χ1v) is 10.7. The number of piperidine rings is 1. The summed E-state index contributed by atoms with van der Waals surface area (Å²) >= 11 is 0. The van der Waals surface area contributed by atoms with Crippen LogP contribution in [0.3, 0.4) is 0 Å². The van der Waals surface area contributed by atoms with Crippen molar-refractivity contribution >= 4 is 21.8 Å². The molecule has 0 unspecified atom stereocenters. The Kier molecular flexibility index (Phi) is 4.39. The fourth-order valence-electron chi connectivity index (χ4n) is 4.60. The zero-order valence-corrected chi connectivity index (χ0v) is 17.2. The second-order valence-electron chi connectivity index (χ2n) is 8.25. The number of nitrogens with one attached hydrogen (secondary N) is 3. The molecular weight excluding hydrogens is 407 g/mol. The molecule has 5 heterocycles. The van der Waals surface area contributed by atoms with Gasteiger partial charge in [0.2, 0.25) is 0 Å². The summed E-state index contributed by atoms with van der Waals surface area (Å²) in [5.41, 5.74) is 5.59. The maximum Gasteiger partial charge on any atom is 0.127 e. The minimum atomic E-state index is -0.509. The van der Waals surface area contributed by atoms with Crippen LogP contribution >= 0.6 is 0 Å². The standard InChI is InChI=1S/C24H21FN6O/c25-15-7-14(8-16(32)9-15)23-17-11-21(29-19(17)3-6-27-23)24-18-10-20(13-1-4-26-5-2-13)28-12-22(18)30-31-24/h3,6-13,26,29,32H,1-2,4-5H2,(H,30,31). The molecule has 1 fully saturated rings. The van der Waals surface area contributed by atoms with Gasteiger partial charge < -0.3 is 15.4 Å². The predicted molar refractivity (Wildman–Crippen MR) is 121 cm³/mol. The van der Waals surface area contributed by atoms with E-state index in [1.165, 1.54) is 12.1 Å². The monoisotopic (exact) mass is 428 g/mol. The molecule has 4 aromatic heterocycles. The fraction of sp³-hybridized carbons (Fsp3) is 0.208. The molecular formula is C24H21FN6O. The Morgan fingerprint density at radius 1 is 0.938 bits per heavy atom. The number of fused-ring (bicyclic) bond motifs is 2. The second-order valence-corrected chi connectivity index (χ2v) is 8.25. The zero-order chi connectivity index (χ0) is 21.7. The molecule has 0 saturated carbocycles. The summed E-state index contributed by atoms with van der Waals surface area (Å²) in [7, 11) is 0. The van der Waals surface area contributed by atoms with Crippen molar-refractivity contribution in [2.24, 2.45) is 0 Å². The molecule has 0 bridgehead atoms. The van der Waals surface area contributed by atoms with Crippen LogP contribution in [0.2, 0.25) is 0 Å². The van der Waals surface area contributed by atoms with E-state index in [4.69, 9.17) is 0 Å². The number of H-pyrrole nitrogens is 2. The van der Waals surface area contributed by atoms with Crippen LogP contribution in [0.4, 0.5) is 4.39 Å². The predicted octanol–water partition coefficient (Wildman–Crippen LogP) is 4.48. The quantitative estimate of drug-likeness (QED) is 0.339. The summed E-state index contributed by atoms with van der Waals surface area (Å²) in [6.07, 6.45) is 5.68. The zero-order valence-electron chi connectivity index (χ0n) is 17.2. The first kappa shape index (κ1) is 18.9. The SMILES string of the molecule is Oc1cc(F)cc(-c2nccc3[nH]c(-c4n[nH]c5cnc(C6CCNCC6)cc45)cc23)c1. The number of pyridine rings is 2. The number of aromatic nitrogens is 5. The molecule has 0 atom stereocenters. The lowest BCUT2D eigenvalue weighted by molar-refractivity contribution is 0.453. The molecule has 6 rings (SSSR count). The van der Waals surface area contributed by atoms with Gasteiger partial charge in [-0.2, -0.15) is 5.10 Å². The summed E-state index contributed by atoms with van der Waals surface area (Å²) in [5.74, 6) is -0.195. The van der Waals surface area contributed by atoms with Crippen LogP contribution in [0.25, 0.3) is 44.5 Å². The van der Waals surface area contributed by atoms with Crippen molar-refractivity contribution in [1.29, 1.82) is 0 Å². The highest BCUT2D eigenvalue weighted by atomic mass is 19.1. The minimum absolute atomic E-state index is 0.134. The lowest BCUT2D eigenvalue weighted by atomic mass is 9.93. The molecule has 0 spiro atoms. The first-order valence-electron chi connectivity index (χ1n) is 10.7. The van der Waals surface area contributed by atoms with E-state index in [0.717, 1.165) is 70.9 Å². The van der Waals surface area contributed by atoms with Crippen molar-refractivity contribution in [3.63, 3.8) is 0 Å². The van der Waals surface area contributed by atoms with E-state index in [2.05, 4.69) is 36.5 Å². The molecule has 0 amide bonds. The molecule has 1 saturated heterocycles. The normalized spacial score (nSPS) is 15.0. The molecule has 1 aliphatic rings. The van der Waals surface area contributed by atoms with Crippen molar-refractivity contribution in [2.45, 2.75) is 18.8 Å². The number of hydrogen-bond acceptors (Lipinski definition) is 5. The second kappa shape index (κ2) is 7.42. The number of phenols is 1. The number of halogens is 1. The summed E-state index contributed by atoms with van der Waals surface area (Å²) in [5, 5.41) is 22.7. The molecule has 5 aromatic rings. The van der Waals surface area contributed by atoms with Gasteiger partial charge in [0.1, 0.15) is 17.3 Å². The van der Waals surface area contributed by atoms with E-state index in [0.29, 0.717) is 17.2 Å². The van der Waals surface area contributed by atoms with Crippen LogP contribution in [0.1, 0.15) is 24.5 Å². The van der Waals surface area contributed by atoms with Gasteiger partial charge in [0.15, 0.2) is 0 Å². The number of hydrogen-bond donors (Lipinski definition) is 4. The third kappa shape index (κ3) is 3.20. The van der Waals surface area contributed by atoms with Gasteiger partial charge in [-0.15, -0.1) is 0 Å². The fourth-order valence-corrected chi connectivity index (χ4v) is 4.60. The Morgan fingerprint density at radius 3 is 2.62 bits per heavy atom. The number of nitrogens with zero attached hydrogens (tertiary/aromatic N) is 3. The van der Waals surface area contributed by atoms with Crippen molar-refractivity contribution in [2.75, 3.05) is 13.1 Å². The molecule has 32 heavy (non-hydrogen) atoms. The Balaban J connectivity index is 1.47. The van der Waals surface area contributed by atoms with Crippen LogP contribution in [-0.4, -0.2) is 43.3 Å². The van der Waals surface area contributed by atoms with Crippen LogP contribution in [0.15, 0.2) is 48.8 Å². The van der Waals surface area contributed by atoms with Crippen LogP contribution in [0.5, 0.6) is 5.75 Å². The van der Waals surface area contributed by atoms with E-state index < -0.39 is 5.82 Å². The van der Waals surface area contributed by atoms with Gasteiger partial charge >= 0.3 is 0 Å². The van der Waals surface area contributed by atoms with E-state index in [-0.39, 0.29) is 5.75 Å². The highest BCUT2D eigenvalue weighted by molar-refractivity contribution is 5.99. The smallest absolute Gasteiger partial charge is 0.127 e. The van der Waals surface area contributed by atoms with Gasteiger partial charge in [-0.3, -0.25) is 15.1 Å². The van der Waals surface area contributed by atoms with Gasteiger partial charge in [0.05, 0.1) is 23.1 Å². The summed E-state index contributed by atoms with van der Waals surface area (Å²) in [6, 6.07) is 9.95. The summed E-state index contributed by atoms with van der Waals surface area (Å²) in [4.78, 5) is 12.5. The molecule has 8 heteroatoms. The molecule has 1 aromatic carbocycles. The Labute approximate surface area is 182 Å². The van der Waals surface area contributed by atoms with Gasteiger partial charge in [-0.05, 0) is 56.3 Å². The maximum absolute atomic E-state index is 13.9. The molecule has 4 N–H and O–H groups in total. The van der Waals surface area contributed by atoms with E-state index in [9.17, 15) is 9.50 Å². The lowest BCUT2D eigenvalue weighted by Gasteiger charge is -2.22. The van der Waals surface area contributed by atoms with E-state index in [1.54, 1.807) is 6.20 Å². The summed E-state index contributed by atoms with van der Waals surface area (Å²) < 4.78 is 13.9. The average molecular weight is 428 g/mol. The number of aromatic hydroxyl groups is 1. The third-order valence-electron chi connectivity index (χ3n) is 6.19. The topological polar surface area (TPSA) is 103 Å². The largest absolute Gasteiger partial charge is 0.508 e. The third-order valence-corrected chi connectivity index (χ3v) is 6.19. The number of phenolic OH excluding ortho intramolecular Hbond substituents is 1. The summed E-state index contributed by atoms with van der Waals surface area (Å²) in [6.45, 7) is 2.02. The van der Waals surface area contributed by atoms with Crippen molar-refractivity contribution in [3.8, 4) is 28.4 Å². The van der Waals surface area contributed by atoms with Gasteiger partial charge in [-0.25, -0.2) is 4.39 Å². The molecule has 0 radical (unpaired) electrons. The Morgan fingerprint density at radius 2 is 1.78 bits per heavy atom. The van der Waals surface area contributed by atoms with Gasteiger partial charge in [0.25, 0.3) is 0 Å². The Bertz CT molecular complexity index is 1430. The lowest BCUT2D eigenvalue weighted by Crippen LogP contribution is -2.27. The number of rotatable bonds is 3. The van der Waals surface area contributed by atoms with Crippen molar-refractivity contribution < 1.29 is 9.50 Å². The first-order chi connectivity index (χ1) is 15.7. The molecule has 1 aliphatic heterocycles. The average Bonchev–Trinajstić information content (AvgIpc) is 3.42. The molecule has 160 valence electrons. The number of aromatic amines is 2. The van der Waals surface area contributed by atoms with Gasteiger partial charge in [0, 0.05) is 45.7 Å². The number of benzene rings is 1. The highest BCUT2D eigenvalue weighted by Crippen LogP contribution is 2.35. The van der Waals surface area contributed by atoms with Crippen LogP contribution in [0, 0.1) is 5.82 Å². The van der Waals surface area contributed by atoms with Crippen molar-refractivity contribution in [1.82, 2.24) is 30.5 Å². The van der Waals surface area contributed by atoms with Gasteiger partial charge in [-0.1, -0.05) is 0 Å². The molecule has 0 aliphatic carbocycles. The van der Waals surface area contributed by atoms with Crippen molar-refractivity contribution in [3.05, 3.63) is 60.3 Å². The minimum Gasteiger partial charge on any atom is -0.508 e. The maximum atomic E-state index is 13.9. The van der Waals surface area contributed by atoms with Crippen LogP contribution < -0.4 is 5.32 Å². The van der Waals surface area contributed by atoms with E-state index >= 15 is 0 Å². The van der Waals surface area contributed by atoms with E-state index in [1.807, 2.05) is 18.3 Å². The molecule has 7 nitrogen and oxygen atoms in total. The Hall–Kier alpha value is -3.78.